The van der Waals surface area contributed by atoms with Crippen LogP contribution in [0, 0.1) is 0 Å². The predicted octanol–water partition coefficient (Wildman–Crippen LogP) is 0.859. The first kappa shape index (κ1) is 18.4. The van der Waals surface area contributed by atoms with E-state index < -0.39 is 0 Å². The van der Waals surface area contributed by atoms with Crippen molar-refractivity contribution < 1.29 is 4.79 Å². The largest absolute Gasteiger partial charge is 0.343 e. The molecule has 0 radical (unpaired) electrons. The number of rotatable bonds is 8. The van der Waals surface area contributed by atoms with Crippen LogP contribution >= 0.6 is 0 Å². The third kappa shape index (κ3) is 6.76. The molecule has 0 aliphatic carbocycles. The Morgan fingerprint density at radius 1 is 1.29 bits per heavy atom. The molecule has 21 heavy (non-hydrogen) atoms. The minimum atomic E-state index is 0.187. The Hall–Kier alpha value is -0.650. The standard InChI is InChI=1S/C16H34N4O/c1-6-14(2)17-13-16(21)20(5)12-11-19(4)15-7-9-18(3)10-8-15/h14-15,17H,6-13H2,1-5H3. The lowest BCUT2D eigenvalue weighted by Gasteiger charge is -2.35. The molecule has 1 rings (SSSR count). The zero-order valence-corrected chi connectivity index (χ0v) is 14.6. The number of nitrogens with one attached hydrogen (secondary N) is 1. The number of likely N-dealkylation sites (N-methyl/N-ethyl adjacent to an activating group) is 2. The molecule has 124 valence electrons. The van der Waals surface area contributed by atoms with Crippen molar-refractivity contribution in [1.29, 1.82) is 0 Å². The smallest absolute Gasteiger partial charge is 0.236 e. The fourth-order valence-electron chi connectivity index (χ4n) is 2.59. The summed E-state index contributed by atoms with van der Waals surface area (Å²) in [5, 5.41) is 3.26. The SMILES string of the molecule is CCC(C)NCC(=O)N(C)CCN(C)C1CCN(C)CC1. The van der Waals surface area contributed by atoms with Gasteiger partial charge in [-0.2, -0.15) is 0 Å². The average molecular weight is 298 g/mol. The molecule has 1 atom stereocenters. The second-order valence-corrected chi connectivity index (χ2v) is 6.52. The van der Waals surface area contributed by atoms with Crippen LogP contribution in [0.2, 0.25) is 0 Å². The van der Waals surface area contributed by atoms with Crippen molar-refractivity contribution in [3.05, 3.63) is 0 Å². The molecule has 1 saturated heterocycles. The summed E-state index contributed by atoms with van der Waals surface area (Å²) in [6, 6.07) is 1.08. The van der Waals surface area contributed by atoms with E-state index in [1.807, 2.05) is 11.9 Å². The van der Waals surface area contributed by atoms with E-state index >= 15 is 0 Å². The summed E-state index contributed by atoms with van der Waals surface area (Å²) in [6.07, 6.45) is 3.52. The van der Waals surface area contributed by atoms with Crippen LogP contribution in [0.15, 0.2) is 0 Å². The normalized spacial score (nSPS) is 19.0. The van der Waals surface area contributed by atoms with Gasteiger partial charge >= 0.3 is 0 Å². The van der Waals surface area contributed by atoms with Crippen LogP contribution in [-0.4, -0.2) is 86.6 Å². The number of carbonyl (C=O) groups is 1. The summed E-state index contributed by atoms with van der Waals surface area (Å²) in [7, 11) is 6.28. The maximum atomic E-state index is 12.0. The van der Waals surface area contributed by atoms with Crippen LogP contribution in [0.5, 0.6) is 0 Å². The quantitative estimate of drug-likeness (QED) is 0.721. The molecule has 1 heterocycles. The minimum Gasteiger partial charge on any atom is -0.343 e. The molecule has 1 aliphatic rings. The summed E-state index contributed by atoms with van der Waals surface area (Å²) in [5.41, 5.74) is 0. The molecule has 0 aromatic heterocycles. The van der Waals surface area contributed by atoms with Gasteiger partial charge in [-0.15, -0.1) is 0 Å². The Balaban J connectivity index is 2.22. The van der Waals surface area contributed by atoms with E-state index in [4.69, 9.17) is 0 Å². The zero-order chi connectivity index (χ0) is 15.8. The molecule has 0 bridgehead atoms. The molecule has 1 N–H and O–H groups in total. The van der Waals surface area contributed by atoms with Gasteiger partial charge in [-0.1, -0.05) is 6.92 Å². The molecule has 0 saturated carbocycles. The van der Waals surface area contributed by atoms with Crippen molar-refractivity contribution in [1.82, 2.24) is 20.0 Å². The summed E-state index contributed by atoms with van der Waals surface area (Å²) in [4.78, 5) is 18.7. The molecule has 1 aliphatic heterocycles. The summed E-state index contributed by atoms with van der Waals surface area (Å²) >= 11 is 0. The van der Waals surface area contributed by atoms with Crippen molar-refractivity contribution >= 4 is 5.91 Å². The van der Waals surface area contributed by atoms with Gasteiger partial charge in [0.15, 0.2) is 0 Å². The van der Waals surface area contributed by atoms with E-state index in [9.17, 15) is 4.79 Å². The number of nitrogens with zero attached hydrogens (tertiary/aromatic N) is 3. The molecule has 5 heteroatoms. The fourth-order valence-corrected chi connectivity index (χ4v) is 2.59. The van der Waals surface area contributed by atoms with Gasteiger partial charge in [0.05, 0.1) is 6.54 Å². The molecular formula is C16H34N4O. The van der Waals surface area contributed by atoms with Gasteiger partial charge in [-0.25, -0.2) is 0 Å². The van der Waals surface area contributed by atoms with Gasteiger partial charge in [0.1, 0.15) is 0 Å². The number of piperidine rings is 1. The third-order valence-corrected chi connectivity index (χ3v) is 4.74. The Morgan fingerprint density at radius 3 is 2.48 bits per heavy atom. The molecule has 5 nitrogen and oxygen atoms in total. The lowest BCUT2D eigenvalue weighted by Crippen LogP contribution is -2.46. The van der Waals surface area contributed by atoms with Crippen molar-refractivity contribution in [2.24, 2.45) is 0 Å². The molecule has 1 fully saturated rings. The van der Waals surface area contributed by atoms with E-state index in [1.54, 1.807) is 0 Å². The van der Waals surface area contributed by atoms with E-state index in [0.717, 1.165) is 19.5 Å². The van der Waals surface area contributed by atoms with E-state index in [-0.39, 0.29) is 5.91 Å². The Morgan fingerprint density at radius 2 is 1.90 bits per heavy atom. The fraction of sp³-hybridized carbons (Fsp3) is 0.938. The average Bonchev–Trinajstić information content (AvgIpc) is 2.50. The zero-order valence-electron chi connectivity index (χ0n) is 14.6. The Bertz CT molecular complexity index is 303. The predicted molar refractivity (Wildman–Crippen MR) is 88.5 cm³/mol. The highest BCUT2D eigenvalue weighted by Gasteiger charge is 2.20. The van der Waals surface area contributed by atoms with Crippen LogP contribution in [-0.2, 0) is 4.79 Å². The van der Waals surface area contributed by atoms with Gasteiger partial charge in [-0.05, 0) is 53.4 Å². The van der Waals surface area contributed by atoms with E-state index in [0.29, 0.717) is 18.6 Å². The van der Waals surface area contributed by atoms with E-state index in [2.05, 4.69) is 43.1 Å². The van der Waals surface area contributed by atoms with Gasteiger partial charge in [-0.3, -0.25) is 4.79 Å². The third-order valence-electron chi connectivity index (χ3n) is 4.74. The number of likely N-dealkylation sites (tertiary alicyclic amines) is 1. The molecule has 0 aromatic carbocycles. The number of carbonyl (C=O) groups excluding carboxylic acids is 1. The first-order valence-electron chi connectivity index (χ1n) is 8.30. The van der Waals surface area contributed by atoms with Gasteiger partial charge < -0.3 is 20.0 Å². The number of amides is 1. The Kier molecular flexibility index (Phi) is 8.22. The molecule has 1 amide bonds. The van der Waals surface area contributed by atoms with Crippen LogP contribution in [0.3, 0.4) is 0 Å². The van der Waals surface area contributed by atoms with Crippen LogP contribution in [0.1, 0.15) is 33.1 Å². The first-order chi connectivity index (χ1) is 9.93. The van der Waals surface area contributed by atoms with Gasteiger partial charge in [0.25, 0.3) is 0 Å². The van der Waals surface area contributed by atoms with Crippen molar-refractivity contribution in [3.63, 3.8) is 0 Å². The van der Waals surface area contributed by atoms with Gasteiger partial charge in [0.2, 0.25) is 5.91 Å². The topological polar surface area (TPSA) is 38.8 Å². The molecule has 1 unspecified atom stereocenters. The second kappa shape index (κ2) is 9.38. The second-order valence-electron chi connectivity index (χ2n) is 6.52. The lowest BCUT2D eigenvalue weighted by atomic mass is 10.0. The molecule has 0 aromatic rings. The highest BCUT2D eigenvalue weighted by atomic mass is 16.2. The first-order valence-corrected chi connectivity index (χ1v) is 8.30. The maximum absolute atomic E-state index is 12.0. The number of hydrogen-bond donors (Lipinski definition) is 1. The number of hydrogen-bond acceptors (Lipinski definition) is 4. The van der Waals surface area contributed by atoms with Crippen molar-refractivity contribution in [2.45, 2.75) is 45.2 Å². The monoisotopic (exact) mass is 298 g/mol. The van der Waals surface area contributed by atoms with E-state index in [1.165, 1.54) is 25.9 Å². The van der Waals surface area contributed by atoms with Gasteiger partial charge in [0, 0.05) is 32.2 Å². The van der Waals surface area contributed by atoms with Crippen LogP contribution in [0.4, 0.5) is 0 Å². The summed E-state index contributed by atoms with van der Waals surface area (Å²) in [5.74, 6) is 0.187. The van der Waals surface area contributed by atoms with Crippen molar-refractivity contribution in [2.75, 3.05) is 53.9 Å². The minimum absolute atomic E-state index is 0.187. The van der Waals surface area contributed by atoms with Crippen LogP contribution < -0.4 is 5.32 Å². The molecular weight excluding hydrogens is 264 g/mol. The molecule has 0 spiro atoms. The maximum Gasteiger partial charge on any atom is 0.236 e. The highest BCUT2D eigenvalue weighted by Crippen LogP contribution is 2.13. The lowest BCUT2D eigenvalue weighted by molar-refractivity contribution is -0.129. The van der Waals surface area contributed by atoms with Crippen molar-refractivity contribution in [3.8, 4) is 0 Å². The van der Waals surface area contributed by atoms with Crippen LogP contribution in [0.25, 0.3) is 0 Å². The highest BCUT2D eigenvalue weighted by molar-refractivity contribution is 5.77. The summed E-state index contributed by atoms with van der Waals surface area (Å²) < 4.78 is 0. The Labute approximate surface area is 130 Å². The summed E-state index contributed by atoms with van der Waals surface area (Å²) in [6.45, 7) is 8.82.